The molecule has 1 rings (SSSR count). The molecule has 0 radical (unpaired) electrons. The van der Waals surface area contributed by atoms with Gasteiger partial charge in [0.05, 0.1) is 5.56 Å². The molecule has 0 aromatic heterocycles. The van der Waals surface area contributed by atoms with Crippen molar-refractivity contribution >= 4 is 30.5 Å². The molecule has 1 aromatic rings. The fourth-order valence-electron chi connectivity index (χ4n) is 1.32. The van der Waals surface area contributed by atoms with E-state index in [0.717, 1.165) is 0 Å². The third-order valence-corrected chi connectivity index (χ3v) is 2.54. The number of carbonyl (C=O) groups excluding carboxylic acids is 2. The van der Waals surface area contributed by atoms with Crippen LogP contribution < -0.4 is 10.1 Å². The molecule has 0 aliphatic heterocycles. The van der Waals surface area contributed by atoms with Crippen LogP contribution in [0.2, 0.25) is 0 Å². The van der Waals surface area contributed by atoms with Gasteiger partial charge < -0.3 is 15.2 Å². The molecule has 0 aliphatic carbocycles. The van der Waals surface area contributed by atoms with Crippen molar-refractivity contribution in [2.24, 2.45) is 0 Å². The fraction of sp³-hybridized carbons (Fsp3) is 0.250. The summed E-state index contributed by atoms with van der Waals surface area (Å²) in [6, 6.07) is 4.96. The number of hydrogen-bond donors (Lipinski definition) is 3. The van der Waals surface area contributed by atoms with Crippen LogP contribution in [0, 0.1) is 0 Å². The van der Waals surface area contributed by atoms with Crippen molar-refractivity contribution in [1.82, 2.24) is 5.32 Å². The fourth-order valence-corrected chi connectivity index (χ4v) is 1.57. The van der Waals surface area contributed by atoms with E-state index in [4.69, 9.17) is 9.84 Å². The smallest absolute Gasteiger partial charge is 0.327 e. The number of amides is 1. The maximum absolute atomic E-state index is 11.9. The number of carboxylic acids is 1. The molecule has 2 N–H and O–H groups in total. The number of benzene rings is 1. The summed E-state index contributed by atoms with van der Waals surface area (Å²) in [6.45, 7) is 1.21. The monoisotopic (exact) mass is 283 g/mol. The van der Waals surface area contributed by atoms with Crippen LogP contribution in [0.15, 0.2) is 24.3 Å². The van der Waals surface area contributed by atoms with Gasteiger partial charge in [0.2, 0.25) is 0 Å². The third-order valence-electron chi connectivity index (χ3n) is 2.17. The first-order valence-electron chi connectivity index (χ1n) is 5.37. The van der Waals surface area contributed by atoms with E-state index in [1.54, 1.807) is 12.1 Å². The lowest BCUT2D eigenvalue weighted by atomic mass is 10.1. The number of rotatable bonds is 5. The average Bonchev–Trinajstić information content (AvgIpc) is 2.35. The minimum Gasteiger partial charge on any atom is -0.480 e. The Morgan fingerprint density at radius 3 is 2.53 bits per heavy atom. The number of thiol groups is 1. The Balaban J connectivity index is 2.93. The molecule has 1 amide bonds. The quantitative estimate of drug-likeness (QED) is 0.421. The molecule has 19 heavy (non-hydrogen) atoms. The molecule has 102 valence electrons. The topological polar surface area (TPSA) is 92.7 Å². The van der Waals surface area contributed by atoms with Gasteiger partial charge in [-0.25, -0.2) is 4.79 Å². The Kier molecular flexibility index (Phi) is 5.37. The number of ether oxygens (including phenoxy) is 1. The predicted octanol–water partition coefficient (Wildman–Crippen LogP) is 0.725. The van der Waals surface area contributed by atoms with Crippen LogP contribution in [-0.2, 0) is 9.59 Å². The van der Waals surface area contributed by atoms with Gasteiger partial charge in [-0.1, -0.05) is 12.1 Å². The minimum absolute atomic E-state index is 0.0448. The van der Waals surface area contributed by atoms with Crippen LogP contribution in [0.25, 0.3) is 0 Å². The standard InChI is InChI=1S/C12H13NO5S/c1-7(14)18-10-5-3-2-4-8(10)11(15)13-9(6-19)12(16)17/h2-5,9,19H,6H2,1H3,(H,13,15)(H,16,17). The zero-order valence-corrected chi connectivity index (χ0v) is 11.0. The second-order valence-electron chi connectivity index (χ2n) is 3.64. The number of hydrogen-bond acceptors (Lipinski definition) is 5. The summed E-state index contributed by atoms with van der Waals surface area (Å²) >= 11 is 3.84. The molecular formula is C12H13NO5S. The minimum atomic E-state index is -1.19. The largest absolute Gasteiger partial charge is 0.480 e. The van der Waals surface area contributed by atoms with Gasteiger partial charge in [0.25, 0.3) is 5.91 Å². The van der Waals surface area contributed by atoms with Crippen molar-refractivity contribution < 1.29 is 24.2 Å². The highest BCUT2D eigenvalue weighted by Crippen LogP contribution is 2.18. The number of para-hydroxylation sites is 1. The second-order valence-corrected chi connectivity index (χ2v) is 4.00. The summed E-state index contributed by atoms with van der Waals surface area (Å²) in [6.07, 6.45) is 0. The molecule has 1 aromatic carbocycles. The molecule has 0 aliphatic rings. The number of nitrogens with one attached hydrogen (secondary N) is 1. The van der Waals surface area contributed by atoms with Gasteiger partial charge in [-0.3, -0.25) is 9.59 Å². The first-order valence-corrected chi connectivity index (χ1v) is 6.01. The SMILES string of the molecule is CC(=O)Oc1ccccc1C(=O)NC(CS)C(=O)O. The molecule has 0 heterocycles. The van der Waals surface area contributed by atoms with Gasteiger partial charge in [-0.15, -0.1) is 0 Å². The van der Waals surface area contributed by atoms with E-state index in [1.807, 2.05) is 0 Å². The van der Waals surface area contributed by atoms with Gasteiger partial charge in [-0.2, -0.15) is 12.6 Å². The van der Waals surface area contributed by atoms with E-state index in [-0.39, 0.29) is 17.1 Å². The molecule has 0 bridgehead atoms. The molecular weight excluding hydrogens is 270 g/mol. The first-order chi connectivity index (χ1) is 8.95. The van der Waals surface area contributed by atoms with Crippen LogP contribution in [0.5, 0.6) is 5.75 Å². The Hall–Kier alpha value is -2.02. The molecule has 7 heteroatoms. The van der Waals surface area contributed by atoms with E-state index in [0.29, 0.717) is 0 Å². The van der Waals surface area contributed by atoms with Gasteiger partial charge in [0.1, 0.15) is 11.8 Å². The number of carbonyl (C=O) groups is 3. The van der Waals surface area contributed by atoms with Crippen molar-refractivity contribution in [3.05, 3.63) is 29.8 Å². The van der Waals surface area contributed by atoms with E-state index in [1.165, 1.54) is 19.1 Å². The zero-order valence-electron chi connectivity index (χ0n) is 10.1. The van der Waals surface area contributed by atoms with Crippen molar-refractivity contribution in [1.29, 1.82) is 0 Å². The van der Waals surface area contributed by atoms with E-state index < -0.39 is 23.9 Å². The van der Waals surface area contributed by atoms with Crippen LogP contribution in [0.4, 0.5) is 0 Å². The molecule has 1 unspecified atom stereocenters. The average molecular weight is 283 g/mol. The Morgan fingerprint density at radius 2 is 2.00 bits per heavy atom. The lowest BCUT2D eigenvalue weighted by Crippen LogP contribution is -2.42. The van der Waals surface area contributed by atoms with Gasteiger partial charge in [0, 0.05) is 12.7 Å². The summed E-state index contributed by atoms with van der Waals surface area (Å²) < 4.78 is 4.88. The number of esters is 1. The van der Waals surface area contributed by atoms with Crippen LogP contribution in [0.3, 0.4) is 0 Å². The maximum Gasteiger partial charge on any atom is 0.327 e. The lowest BCUT2D eigenvalue weighted by molar-refractivity contribution is -0.138. The normalized spacial score (nSPS) is 11.5. The highest BCUT2D eigenvalue weighted by molar-refractivity contribution is 7.80. The molecule has 0 fully saturated rings. The molecule has 0 saturated heterocycles. The summed E-state index contributed by atoms with van der Waals surface area (Å²) in [4.78, 5) is 33.6. The Bertz CT molecular complexity index is 503. The summed E-state index contributed by atoms with van der Waals surface area (Å²) in [5.74, 6) is -2.36. The first kappa shape index (κ1) is 15.0. The molecule has 1 atom stereocenters. The lowest BCUT2D eigenvalue weighted by Gasteiger charge is -2.13. The number of carboxylic acid groups (broad SMARTS) is 1. The van der Waals surface area contributed by atoms with Crippen LogP contribution >= 0.6 is 12.6 Å². The second kappa shape index (κ2) is 6.79. The Labute approximate surface area is 115 Å². The van der Waals surface area contributed by atoms with Gasteiger partial charge in [-0.05, 0) is 12.1 Å². The summed E-state index contributed by atoms with van der Waals surface area (Å²) in [5, 5.41) is 11.1. The Morgan fingerprint density at radius 1 is 1.37 bits per heavy atom. The van der Waals surface area contributed by atoms with Crippen LogP contribution in [0.1, 0.15) is 17.3 Å². The summed E-state index contributed by atoms with van der Waals surface area (Å²) in [5.41, 5.74) is 0.0886. The molecule has 0 spiro atoms. The highest BCUT2D eigenvalue weighted by atomic mass is 32.1. The zero-order chi connectivity index (χ0) is 14.4. The van der Waals surface area contributed by atoms with Crippen molar-refractivity contribution in [2.75, 3.05) is 5.75 Å². The van der Waals surface area contributed by atoms with E-state index in [2.05, 4.69) is 17.9 Å². The summed E-state index contributed by atoms with van der Waals surface area (Å²) in [7, 11) is 0. The van der Waals surface area contributed by atoms with Crippen molar-refractivity contribution in [3.63, 3.8) is 0 Å². The van der Waals surface area contributed by atoms with Crippen LogP contribution in [-0.4, -0.2) is 34.7 Å². The predicted molar refractivity (Wildman–Crippen MR) is 70.5 cm³/mol. The van der Waals surface area contributed by atoms with E-state index >= 15 is 0 Å². The maximum atomic E-state index is 11.9. The van der Waals surface area contributed by atoms with Gasteiger partial charge >= 0.3 is 11.9 Å². The molecule has 0 saturated carbocycles. The van der Waals surface area contributed by atoms with Crippen molar-refractivity contribution in [3.8, 4) is 5.75 Å². The molecule has 6 nitrogen and oxygen atoms in total. The van der Waals surface area contributed by atoms with Gasteiger partial charge in [0.15, 0.2) is 0 Å². The van der Waals surface area contributed by atoms with E-state index in [9.17, 15) is 14.4 Å². The highest BCUT2D eigenvalue weighted by Gasteiger charge is 2.21. The number of aliphatic carboxylic acids is 1. The third kappa shape index (κ3) is 4.29. The van der Waals surface area contributed by atoms with Crippen molar-refractivity contribution in [2.45, 2.75) is 13.0 Å².